The maximum atomic E-state index is 11.8. The number of benzene rings is 1. The second kappa shape index (κ2) is 6.33. The van der Waals surface area contributed by atoms with E-state index in [9.17, 15) is 9.59 Å². The van der Waals surface area contributed by atoms with E-state index in [1.807, 2.05) is 30.3 Å². The van der Waals surface area contributed by atoms with Gasteiger partial charge in [-0.25, -0.2) is 4.79 Å². The van der Waals surface area contributed by atoms with Crippen molar-refractivity contribution in [2.24, 2.45) is 0 Å². The number of amides is 1. The summed E-state index contributed by atoms with van der Waals surface area (Å²) >= 11 is 0. The molecule has 19 heavy (non-hydrogen) atoms. The molecule has 1 aliphatic heterocycles. The highest BCUT2D eigenvalue weighted by molar-refractivity contribution is 5.81. The Labute approximate surface area is 112 Å². The Bertz CT molecular complexity index is 443. The van der Waals surface area contributed by atoms with Crippen LogP contribution in [0.15, 0.2) is 30.3 Å². The third kappa shape index (κ3) is 3.32. The Morgan fingerprint density at radius 2 is 2.00 bits per heavy atom. The molecule has 1 amide bonds. The minimum Gasteiger partial charge on any atom is -0.468 e. The first-order chi connectivity index (χ1) is 9.22. The molecular formula is C14H18N2O3. The Kier molecular flexibility index (Phi) is 4.52. The molecular weight excluding hydrogens is 244 g/mol. The summed E-state index contributed by atoms with van der Waals surface area (Å²) in [5.41, 5.74) is 0.797. The maximum absolute atomic E-state index is 11.8. The Morgan fingerprint density at radius 3 is 2.53 bits per heavy atom. The predicted octanol–water partition coefficient (Wildman–Crippen LogP) is 0.723. The van der Waals surface area contributed by atoms with Gasteiger partial charge >= 0.3 is 5.97 Å². The number of methoxy groups -OCH3 is 1. The van der Waals surface area contributed by atoms with Crippen LogP contribution in [-0.4, -0.2) is 43.5 Å². The van der Waals surface area contributed by atoms with Gasteiger partial charge in [0.2, 0.25) is 5.91 Å². The van der Waals surface area contributed by atoms with Crippen LogP contribution in [-0.2, 0) is 14.3 Å². The van der Waals surface area contributed by atoms with Gasteiger partial charge in [0, 0.05) is 13.1 Å². The van der Waals surface area contributed by atoms with Crippen LogP contribution in [0.1, 0.15) is 18.0 Å². The molecule has 1 aliphatic rings. The van der Waals surface area contributed by atoms with Gasteiger partial charge in [0.15, 0.2) is 0 Å². The second-order valence-electron chi connectivity index (χ2n) is 4.48. The van der Waals surface area contributed by atoms with E-state index >= 15 is 0 Å². The maximum Gasteiger partial charge on any atom is 0.327 e. The van der Waals surface area contributed by atoms with Gasteiger partial charge in [-0.1, -0.05) is 30.3 Å². The average molecular weight is 262 g/mol. The summed E-state index contributed by atoms with van der Waals surface area (Å²) in [6.07, 6.45) is 1.06. The molecule has 1 unspecified atom stereocenters. The van der Waals surface area contributed by atoms with Gasteiger partial charge in [-0.2, -0.15) is 0 Å². The highest BCUT2D eigenvalue weighted by atomic mass is 16.5. The van der Waals surface area contributed by atoms with Crippen LogP contribution in [0.2, 0.25) is 0 Å². The summed E-state index contributed by atoms with van der Waals surface area (Å²) < 4.78 is 4.77. The Morgan fingerprint density at radius 1 is 1.32 bits per heavy atom. The van der Waals surface area contributed by atoms with Crippen LogP contribution in [0, 0.1) is 0 Å². The number of nitrogens with zero attached hydrogens (tertiary/aromatic N) is 1. The Balaban J connectivity index is 1.98. The standard InChI is InChI=1S/C14H18N2O3/c1-19-14(18)13(11-6-3-2-4-7-11)15-10-12(17)16-8-5-9-16/h2-4,6-7,13,15H,5,8-10H2,1H3. The molecule has 5 nitrogen and oxygen atoms in total. The predicted molar refractivity (Wildman–Crippen MR) is 70.4 cm³/mol. The molecule has 1 aromatic carbocycles. The smallest absolute Gasteiger partial charge is 0.327 e. The molecule has 0 radical (unpaired) electrons. The van der Waals surface area contributed by atoms with Crippen molar-refractivity contribution in [3.8, 4) is 0 Å². The van der Waals surface area contributed by atoms with E-state index in [4.69, 9.17) is 4.74 Å². The molecule has 0 saturated carbocycles. The first-order valence-corrected chi connectivity index (χ1v) is 6.36. The van der Waals surface area contributed by atoms with Crippen molar-refractivity contribution in [3.05, 3.63) is 35.9 Å². The number of hydrogen-bond donors (Lipinski definition) is 1. The van der Waals surface area contributed by atoms with Gasteiger partial charge in [-0.3, -0.25) is 10.1 Å². The third-order valence-electron chi connectivity index (χ3n) is 3.24. The van der Waals surface area contributed by atoms with E-state index in [1.54, 1.807) is 4.90 Å². The fourth-order valence-corrected chi connectivity index (χ4v) is 1.97. The molecule has 0 spiro atoms. The number of rotatable bonds is 5. The zero-order chi connectivity index (χ0) is 13.7. The lowest BCUT2D eigenvalue weighted by Gasteiger charge is -2.31. The highest BCUT2D eigenvalue weighted by Gasteiger charge is 2.24. The molecule has 5 heteroatoms. The highest BCUT2D eigenvalue weighted by Crippen LogP contribution is 2.14. The van der Waals surface area contributed by atoms with Gasteiger partial charge in [-0.15, -0.1) is 0 Å². The number of hydrogen-bond acceptors (Lipinski definition) is 4. The van der Waals surface area contributed by atoms with Gasteiger partial charge in [0.05, 0.1) is 13.7 Å². The molecule has 1 atom stereocenters. The van der Waals surface area contributed by atoms with Crippen LogP contribution >= 0.6 is 0 Å². The van der Waals surface area contributed by atoms with E-state index in [2.05, 4.69) is 5.32 Å². The van der Waals surface area contributed by atoms with E-state index in [-0.39, 0.29) is 18.4 Å². The van der Waals surface area contributed by atoms with Gasteiger partial charge in [0.25, 0.3) is 0 Å². The van der Waals surface area contributed by atoms with Gasteiger partial charge in [-0.05, 0) is 12.0 Å². The average Bonchev–Trinajstić information content (AvgIpc) is 2.37. The van der Waals surface area contributed by atoms with Crippen molar-refractivity contribution in [1.82, 2.24) is 10.2 Å². The molecule has 1 saturated heterocycles. The van der Waals surface area contributed by atoms with E-state index in [0.717, 1.165) is 25.1 Å². The quantitative estimate of drug-likeness (QED) is 0.794. The number of esters is 1. The first-order valence-electron chi connectivity index (χ1n) is 6.36. The first kappa shape index (κ1) is 13.5. The molecule has 1 aromatic rings. The van der Waals surface area contributed by atoms with Crippen molar-refractivity contribution in [1.29, 1.82) is 0 Å². The zero-order valence-electron chi connectivity index (χ0n) is 11.0. The van der Waals surface area contributed by atoms with Crippen molar-refractivity contribution in [2.75, 3.05) is 26.7 Å². The summed E-state index contributed by atoms with van der Waals surface area (Å²) in [6, 6.07) is 8.65. The Hall–Kier alpha value is -1.88. The normalized spacial score (nSPS) is 15.5. The largest absolute Gasteiger partial charge is 0.468 e. The van der Waals surface area contributed by atoms with Gasteiger partial charge < -0.3 is 9.64 Å². The molecule has 1 N–H and O–H groups in total. The monoisotopic (exact) mass is 262 g/mol. The van der Waals surface area contributed by atoms with Crippen LogP contribution in [0.5, 0.6) is 0 Å². The fraction of sp³-hybridized carbons (Fsp3) is 0.429. The lowest BCUT2D eigenvalue weighted by molar-refractivity contribution is -0.143. The van der Waals surface area contributed by atoms with Crippen molar-refractivity contribution in [2.45, 2.75) is 12.5 Å². The minimum atomic E-state index is -0.601. The topological polar surface area (TPSA) is 58.6 Å². The van der Waals surface area contributed by atoms with Crippen LogP contribution in [0.25, 0.3) is 0 Å². The summed E-state index contributed by atoms with van der Waals surface area (Å²) in [6.45, 7) is 1.78. The fourth-order valence-electron chi connectivity index (χ4n) is 1.97. The molecule has 0 aliphatic carbocycles. The molecule has 1 fully saturated rings. The molecule has 0 aromatic heterocycles. The second-order valence-corrected chi connectivity index (χ2v) is 4.48. The summed E-state index contributed by atoms with van der Waals surface area (Å²) in [5.74, 6) is -0.362. The summed E-state index contributed by atoms with van der Waals surface area (Å²) in [4.78, 5) is 25.3. The zero-order valence-corrected chi connectivity index (χ0v) is 11.0. The summed E-state index contributed by atoms with van der Waals surface area (Å²) in [7, 11) is 1.34. The van der Waals surface area contributed by atoms with Gasteiger partial charge in [0.1, 0.15) is 6.04 Å². The number of ether oxygens (including phenoxy) is 1. The third-order valence-corrected chi connectivity index (χ3v) is 3.24. The molecule has 102 valence electrons. The number of carbonyl (C=O) groups excluding carboxylic acids is 2. The number of nitrogens with one attached hydrogen (secondary N) is 1. The van der Waals surface area contributed by atoms with E-state index in [0.29, 0.717) is 0 Å². The van der Waals surface area contributed by atoms with E-state index in [1.165, 1.54) is 7.11 Å². The number of likely N-dealkylation sites (tertiary alicyclic amines) is 1. The minimum absolute atomic E-state index is 0.0242. The summed E-state index contributed by atoms with van der Waals surface area (Å²) in [5, 5.41) is 2.97. The SMILES string of the molecule is COC(=O)C(NCC(=O)N1CCC1)c1ccccc1. The van der Waals surface area contributed by atoms with Crippen LogP contribution < -0.4 is 5.32 Å². The number of carbonyl (C=O) groups is 2. The molecule has 1 heterocycles. The van der Waals surface area contributed by atoms with E-state index < -0.39 is 6.04 Å². The van der Waals surface area contributed by atoms with Crippen molar-refractivity contribution in [3.63, 3.8) is 0 Å². The van der Waals surface area contributed by atoms with Crippen LogP contribution in [0.3, 0.4) is 0 Å². The van der Waals surface area contributed by atoms with Crippen LogP contribution in [0.4, 0.5) is 0 Å². The lowest BCUT2D eigenvalue weighted by atomic mass is 10.1. The molecule has 2 rings (SSSR count). The molecule has 0 bridgehead atoms. The lowest BCUT2D eigenvalue weighted by Crippen LogP contribution is -2.47. The van der Waals surface area contributed by atoms with Crippen molar-refractivity contribution < 1.29 is 14.3 Å². The van der Waals surface area contributed by atoms with Crippen molar-refractivity contribution >= 4 is 11.9 Å².